The molecule has 36 heavy (non-hydrogen) atoms. The van der Waals surface area contributed by atoms with Gasteiger partial charge < -0.3 is 38.3 Å². The lowest BCUT2D eigenvalue weighted by atomic mass is 10.1. The second-order valence-corrected chi connectivity index (χ2v) is 8.38. The number of carbonyl (C=O) groups excluding carboxylic acids is 5. The number of rotatable bonds is 16. The smallest absolute Gasteiger partial charge is 0.326 e. The number of hydrogen-bond donors (Lipinski definition) is 8. The fourth-order valence-electron chi connectivity index (χ4n) is 3.08. The Kier molecular flexibility index (Phi) is 13.0. The first-order chi connectivity index (χ1) is 16.9. The molecule has 1 rings (SSSR count). The van der Waals surface area contributed by atoms with E-state index in [1.54, 1.807) is 24.3 Å². The molecule has 0 heterocycles. The molecule has 0 aliphatic heterocycles. The molecule has 10 N–H and O–H groups in total. The summed E-state index contributed by atoms with van der Waals surface area (Å²) in [5.41, 5.74) is 16.9. The van der Waals surface area contributed by atoms with Crippen LogP contribution in [0.2, 0.25) is 0 Å². The van der Waals surface area contributed by atoms with E-state index in [0.29, 0.717) is 0 Å². The van der Waals surface area contributed by atoms with Crippen LogP contribution < -0.4 is 33.2 Å². The lowest BCUT2D eigenvalue weighted by Crippen LogP contribution is -2.58. The van der Waals surface area contributed by atoms with Crippen molar-refractivity contribution in [1.82, 2.24) is 16.0 Å². The Balaban J connectivity index is 2.86. The average Bonchev–Trinajstić information content (AvgIpc) is 2.82. The number of carboxylic acids is 1. The summed E-state index contributed by atoms with van der Waals surface area (Å²) >= 11 is 4.07. The van der Waals surface area contributed by atoms with E-state index in [1.165, 1.54) is 0 Å². The zero-order valence-electron chi connectivity index (χ0n) is 19.5. The third-order valence-electron chi connectivity index (χ3n) is 5.06. The second kappa shape index (κ2) is 15.4. The normalized spacial score (nSPS) is 13.9. The summed E-state index contributed by atoms with van der Waals surface area (Å²) in [6, 6.07) is 4.03. The molecule has 5 amide bonds. The number of benzene rings is 1. The highest BCUT2D eigenvalue weighted by Gasteiger charge is 2.30. The number of primary amides is 2. The van der Waals surface area contributed by atoms with Crippen molar-refractivity contribution in [3.8, 4) is 0 Å². The Morgan fingerprint density at radius 3 is 1.75 bits per heavy atom. The molecule has 0 aliphatic carbocycles. The fourth-order valence-corrected chi connectivity index (χ4v) is 3.33. The molecule has 4 unspecified atom stereocenters. The van der Waals surface area contributed by atoms with E-state index >= 15 is 0 Å². The third-order valence-corrected chi connectivity index (χ3v) is 5.42. The van der Waals surface area contributed by atoms with Crippen molar-refractivity contribution >= 4 is 48.1 Å². The van der Waals surface area contributed by atoms with Gasteiger partial charge in [-0.2, -0.15) is 12.6 Å². The number of nitrogens with two attached hydrogens (primary N) is 3. The van der Waals surface area contributed by atoms with E-state index in [0.717, 1.165) is 5.56 Å². The van der Waals surface area contributed by atoms with Crippen LogP contribution >= 0.6 is 12.6 Å². The van der Waals surface area contributed by atoms with E-state index in [9.17, 15) is 33.9 Å². The molecule has 14 heteroatoms. The summed E-state index contributed by atoms with van der Waals surface area (Å²) in [7, 11) is 0. The van der Waals surface area contributed by atoms with Gasteiger partial charge in [-0.25, -0.2) is 4.79 Å². The minimum absolute atomic E-state index is 0.143. The first-order valence-electron chi connectivity index (χ1n) is 11.1. The van der Waals surface area contributed by atoms with E-state index in [4.69, 9.17) is 17.2 Å². The van der Waals surface area contributed by atoms with Crippen LogP contribution in [0.3, 0.4) is 0 Å². The predicted octanol–water partition coefficient (Wildman–Crippen LogP) is -2.44. The standard InChI is InChI=1S/C22H32N6O7S/c23-13(10-12-4-2-1-3-5-12)19(31)28-16(11-36)21(33)26-14(6-8-17(24)29)20(32)27-15(22(34)35)7-9-18(25)30/h1-5,13-16,36H,6-11,23H2,(H2,24,29)(H2,25,30)(H,26,33)(H,27,32)(H,28,31)(H,34,35). The van der Waals surface area contributed by atoms with Gasteiger partial charge >= 0.3 is 5.97 Å². The summed E-state index contributed by atoms with van der Waals surface area (Å²) in [4.78, 5) is 71.7. The molecule has 0 saturated heterocycles. The maximum absolute atomic E-state index is 12.8. The Morgan fingerprint density at radius 2 is 1.25 bits per heavy atom. The van der Waals surface area contributed by atoms with Crippen molar-refractivity contribution in [3.63, 3.8) is 0 Å². The van der Waals surface area contributed by atoms with Crippen molar-refractivity contribution in [1.29, 1.82) is 0 Å². The van der Waals surface area contributed by atoms with Gasteiger partial charge in [-0.1, -0.05) is 30.3 Å². The van der Waals surface area contributed by atoms with Crippen LogP contribution in [0.25, 0.3) is 0 Å². The van der Waals surface area contributed by atoms with Gasteiger partial charge in [-0.05, 0) is 24.8 Å². The van der Waals surface area contributed by atoms with E-state index in [-0.39, 0.29) is 37.9 Å². The molecule has 0 radical (unpaired) electrons. The predicted molar refractivity (Wildman–Crippen MR) is 132 cm³/mol. The first kappa shape index (κ1) is 30.4. The number of hydrogen-bond acceptors (Lipinski definition) is 8. The third kappa shape index (κ3) is 11.2. The van der Waals surface area contributed by atoms with Crippen molar-refractivity contribution in [2.75, 3.05) is 5.75 Å². The van der Waals surface area contributed by atoms with Crippen LogP contribution in [0.4, 0.5) is 0 Å². The van der Waals surface area contributed by atoms with Gasteiger partial charge in [-0.15, -0.1) is 0 Å². The van der Waals surface area contributed by atoms with Gasteiger partial charge in [0.25, 0.3) is 0 Å². The van der Waals surface area contributed by atoms with Gasteiger partial charge in [0, 0.05) is 18.6 Å². The molecule has 13 nitrogen and oxygen atoms in total. The maximum Gasteiger partial charge on any atom is 0.326 e. The molecule has 0 aromatic heterocycles. The van der Waals surface area contributed by atoms with Gasteiger partial charge in [0.15, 0.2) is 0 Å². The monoisotopic (exact) mass is 524 g/mol. The Morgan fingerprint density at radius 1 is 0.778 bits per heavy atom. The molecular formula is C22H32N6O7S. The van der Waals surface area contributed by atoms with E-state index in [2.05, 4.69) is 28.6 Å². The topological polar surface area (TPSA) is 237 Å². The highest BCUT2D eigenvalue weighted by Crippen LogP contribution is 2.05. The van der Waals surface area contributed by atoms with Crippen LogP contribution in [0.5, 0.6) is 0 Å². The molecule has 4 atom stereocenters. The highest BCUT2D eigenvalue weighted by molar-refractivity contribution is 7.80. The zero-order chi connectivity index (χ0) is 27.3. The molecular weight excluding hydrogens is 492 g/mol. The number of thiol groups is 1. The van der Waals surface area contributed by atoms with Crippen molar-refractivity contribution in [2.24, 2.45) is 17.2 Å². The summed E-state index contributed by atoms with van der Waals surface area (Å²) < 4.78 is 0. The molecule has 0 bridgehead atoms. The number of carbonyl (C=O) groups is 6. The zero-order valence-corrected chi connectivity index (χ0v) is 20.4. The summed E-state index contributed by atoms with van der Waals surface area (Å²) in [6.07, 6.45) is -0.889. The molecule has 0 saturated carbocycles. The van der Waals surface area contributed by atoms with Gasteiger partial charge in [-0.3, -0.25) is 24.0 Å². The number of carboxylic acid groups (broad SMARTS) is 1. The van der Waals surface area contributed by atoms with Crippen LogP contribution in [0.15, 0.2) is 30.3 Å². The average molecular weight is 525 g/mol. The van der Waals surface area contributed by atoms with Crippen molar-refractivity contribution < 1.29 is 33.9 Å². The molecule has 1 aromatic carbocycles. The summed E-state index contributed by atoms with van der Waals surface area (Å²) in [5.74, 6) is -5.43. The number of amides is 5. The van der Waals surface area contributed by atoms with Crippen molar-refractivity contribution in [2.45, 2.75) is 56.3 Å². The van der Waals surface area contributed by atoms with Gasteiger partial charge in [0.1, 0.15) is 18.1 Å². The Hall–Kier alpha value is -3.65. The van der Waals surface area contributed by atoms with Crippen molar-refractivity contribution in [3.05, 3.63) is 35.9 Å². The Bertz CT molecular complexity index is 946. The minimum atomic E-state index is -1.46. The molecule has 1 aromatic rings. The quantitative estimate of drug-likeness (QED) is 0.108. The maximum atomic E-state index is 12.8. The van der Waals surface area contributed by atoms with E-state index < -0.39 is 59.7 Å². The van der Waals surface area contributed by atoms with E-state index in [1.807, 2.05) is 6.07 Å². The first-order valence-corrected chi connectivity index (χ1v) is 11.7. The molecule has 0 fully saturated rings. The Labute approximate surface area is 213 Å². The van der Waals surface area contributed by atoms with Crippen LogP contribution in [0.1, 0.15) is 31.2 Å². The van der Waals surface area contributed by atoms with Crippen LogP contribution in [0, 0.1) is 0 Å². The van der Waals surface area contributed by atoms with Gasteiger partial charge in [0.05, 0.1) is 6.04 Å². The number of aliphatic carboxylic acids is 1. The lowest BCUT2D eigenvalue weighted by molar-refractivity contribution is -0.142. The largest absolute Gasteiger partial charge is 0.480 e. The van der Waals surface area contributed by atoms with Crippen LogP contribution in [-0.2, 0) is 35.2 Å². The van der Waals surface area contributed by atoms with Crippen LogP contribution in [-0.4, -0.2) is 70.5 Å². The minimum Gasteiger partial charge on any atom is -0.480 e. The molecule has 0 spiro atoms. The fraction of sp³-hybridized carbons (Fsp3) is 0.455. The highest BCUT2D eigenvalue weighted by atomic mass is 32.1. The lowest BCUT2D eigenvalue weighted by Gasteiger charge is -2.24. The molecule has 198 valence electrons. The molecule has 0 aliphatic rings. The second-order valence-electron chi connectivity index (χ2n) is 8.01. The summed E-state index contributed by atoms with van der Waals surface area (Å²) in [6.45, 7) is 0. The number of nitrogens with one attached hydrogen (secondary N) is 3. The van der Waals surface area contributed by atoms with Gasteiger partial charge in [0.2, 0.25) is 29.5 Å². The summed E-state index contributed by atoms with van der Waals surface area (Å²) in [5, 5.41) is 16.4. The SMILES string of the molecule is NC(=O)CCC(NC(=O)C(CCC(N)=O)NC(=O)C(CS)NC(=O)C(N)Cc1ccccc1)C(=O)O.